The standard InChI is InChI=1S/C9H15ClN2O/c1-6(2)4-5-8-11-12-9(13-8)7(3)10/h6-7H,4-5H2,1-3H3. The van der Waals surface area contributed by atoms with E-state index in [2.05, 4.69) is 24.0 Å². The van der Waals surface area contributed by atoms with Crippen molar-refractivity contribution in [3.05, 3.63) is 11.8 Å². The summed E-state index contributed by atoms with van der Waals surface area (Å²) in [5.41, 5.74) is 0. The number of hydrogen-bond acceptors (Lipinski definition) is 3. The van der Waals surface area contributed by atoms with Crippen molar-refractivity contribution in [2.45, 2.75) is 39.0 Å². The quantitative estimate of drug-likeness (QED) is 0.705. The van der Waals surface area contributed by atoms with Gasteiger partial charge in [-0.3, -0.25) is 0 Å². The lowest BCUT2D eigenvalue weighted by atomic mass is 10.1. The summed E-state index contributed by atoms with van der Waals surface area (Å²) in [6.45, 7) is 6.16. The molecule has 0 spiro atoms. The van der Waals surface area contributed by atoms with Gasteiger partial charge in [0, 0.05) is 6.42 Å². The molecule has 1 aromatic heterocycles. The third-order valence-electron chi connectivity index (χ3n) is 1.76. The molecule has 0 amide bonds. The Bertz CT molecular complexity index is 258. The molecular weight excluding hydrogens is 188 g/mol. The van der Waals surface area contributed by atoms with Crippen molar-refractivity contribution in [3.63, 3.8) is 0 Å². The number of nitrogens with zero attached hydrogens (tertiary/aromatic N) is 2. The molecule has 0 bridgehead atoms. The first-order valence-corrected chi connectivity index (χ1v) is 4.99. The molecule has 13 heavy (non-hydrogen) atoms. The van der Waals surface area contributed by atoms with E-state index >= 15 is 0 Å². The second-order valence-corrected chi connectivity index (χ2v) is 4.24. The largest absolute Gasteiger partial charge is 0.424 e. The Kier molecular flexibility index (Phi) is 3.72. The van der Waals surface area contributed by atoms with E-state index in [1.165, 1.54) is 0 Å². The van der Waals surface area contributed by atoms with Crippen LogP contribution in [0.2, 0.25) is 0 Å². The van der Waals surface area contributed by atoms with Crippen LogP contribution in [0, 0.1) is 5.92 Å². The van der Waals surface area contributed by atoms with Crippen molar-refractivity contribution in [1.82, 2.24) is 10.2 Å². The Morgan fingerprint density at radius 1 is 1.31 bits per heavy atom. The molecule has 0 fully saturated rings. The van der Waals surface area contributed by atoms with Gasteiger partial charge in [-0.15, -0.1) is 21.8 Å². The van der Waals surface area contributed by atoms with Gasteiger partial charge in [-0.1, -0.05) is 13.8 Å². The minimum absolute atomic E-state index is 0.194. The molecule has 0 saturated heterocycles. The Balaban J connectivity index is 2.49. The molecule has 0 aliphatic rings. The second kappa shape index (κ2) is 4.61. The summed E-state index contributed by atoms with van der Waals surface area (Å²) in [4.78, 5) is 0. The van der Waals surface area contributed by atoms with E-state index in [9.17, 15) is 0 Å². The van der Waals surface area contributed by atoms with Gasteiger partial charge < -0.3 is 4.42 Å². The van der Waals surface area contributed by atoms with Crippen LogP contribution in [0.3, 0.4) is 0 Å². The van der Waals surface area contributed by atoms with Gasteiger partial charge in [0.2, 0.25) is 11.8 Å². The van der Waals surface area contributed by atoms with Crippen molar-refractivity contribution < 1.29 is 4.42 Å². The van der Waals surface area contributed by atoms with E-state index in [0.717, 1.165) is 12.8 Å². The maximum atomic E-state index is 5.78. The number of hydrogen-bond donors (Lipinski definition) is 0. The van der Waals surface area contributed by atoms with E-state index in [-0.39, 0.29) is 5.38 Å². The average Bonchev–Trinajstić information content (AvgIpc) is 2.48. The first-order valence-electron chi connectivity index (χ1n) is 4.56. The van der Waals surface area contributed by atoms with Gasteiger partial charge in [0.1, 0.15) is 5.38 Å². The van der Waals surface area contributed by atoms with Gasteiger partial charge in [0.25, 0.3) is 0 Å². The molecule has 0 aliphatic heterocycles. The van der Waals surface area contributed by atoms with Crippen LogP contribution in [0.25, 0.3) is 0 Å². The lowest BCUT2D eigenvalue weighted by molar-refractivity contribution is 0.430. The molecule has 1 unspecified atom stereocenters. The molecule has 0 radical (unpaired) electrons. The molecular formula is C9H15ClN2O. The van der Waals surface area contributed by atoms with E-state index in [0.29, 0.717) is 17.7 Å². The van der Waals surface area contributed by atoms with Gasteiger partial charge >= 0.3 is 0 Å². The average molecular weight is 203 g/mol. The molecule has 0 N–H and O–H groups in total. The molecule has 74 valence electrons. The lowest BCUT2D eigenvalue weighted by Gasteiger charge is -1.99. The number of alkyl halides is 1. The fraction of sp³-hybridized carbons (Fsp3) is 0.778. The fourth-order valence-electron chi connectivity index (χ4n) is 0.941. The minimum Gasteiger partial charge on any atom is -0.424 e. The SMILES string of the molecule is CC(C)CCc1nnc(C(C)Cl)o1. The van der Waals surface area contributed by atoms with Crippen molar-refractivity contribution in [2.75, 3.05) is 0 Å². The number of halogens is 1. The summed E-state index contributed by atoms with van der Waals surface area (Å²) < 4.78 is 5.34. The first-order chi connectivity index (χ1) is 6.09. The Hall–Kier alpha value is -0.570. The van der Waals surface area contributed by atoms with E-state index < -0.39 is 0 Å². The highest BCUT2D eigenvalue weighted by Gasteiger charge is 2.10. The molecule has 0 saturated carbocycles. The summed E-state index contributed by atoms with van der Waals surface area (Å²) in [6, 6.07) is 0. The third-order valence-corrected chi connectivity index (χ3v) is 1.94. The molecule has 1 heterocycles. The molecule has 4 heteroatoms. The summed E-state index contributed by atoms with van der Waals surface area (Å²) in [5, 5.41) is 7.56. The van der Waals surface area contributed by atoms with Crippen LogP contribution < -0.4 is 0 Å². The minimum atomic E-state index is -0.194. The summed E-state index contributed by atoms with van der Waals surface area (Å²) in [5.74, 6) is 1.86. The van der Waals surface area contributed by atoms with Gasteiger partial charge in [0.15, 0.2) is 0 Å². The van der Waals surface area contributed by atoms with Gasteiger partial charge in [-0.2, -0.15) is 0 Å². The van der Waals surface area contributed by atoms with Gasteiger partial charge in [-0.25, -0.2) is 0 Å². The predicted molar refractivity (Wildman–Crippen MR) is 51.7 cm³/mol. The van der Waals surface area contributed by atoms with Crippen LogP contribution in [0.15, 0.2) is 4.42 Å². The zero-order valence-corrected chi connectivity index (χ0v) is 9.01. The molecule has 1 atom stereocenters. The van der Waals surface area contributed by atoms with Crippen molar-refractivity contribution in [3.8, 4) is 0 Å². The zero-order chi connectivity index (χ0) is 9.84. The topological polar surface area (TPSA) is 38.9 Å². The van der Waals surface area contributed by atoms with Crippen molar-refractivity contribution >= 4 is 11.6 Å². The van der Waals surface area contributed by atoms with Crippen LogP contribution in [0.1, 0.15) is 44.4 Å². The Morgan fingerprint density at radius 3 is 2.46 bits per heavy atom. The van der Waals surface area contributed by atoms with Crippen LogP contribution in [-0.4, -0.2) is 10.2 Å². The molecule has 0 aromatic carbocycles. The predicted octanol–water partition coefficient (Wildman–Crippen LogP) is 2.96. The summed E-state index contributed by atoms with van der Waals surface area (Å²) in [7, 11) is 0. The van der Waals surface area contributed by atoms with E-state index in [1.807, 2.05) is 6.92 Å². The Labute approximate surface area is 83.5 Å². The molecule has 1 rings (SSSR count). The fourth-order valence-corrected chi connectivity index (χ4v) is 1.03. The van der Waals surface area contributed by atoms with E-state index in [1.54, 1.807) is 0 Å². The van der Waals surface area contributed by atoms with Crippen LogP contribution in [0.5, 0.6) is 0 Å². The van der Waals surface area contributed by atoms with Gasteiger partial charge in [0.05, 0.1) is 0 Å². The normalized spacial score (nSPS) is 13.6. The monoisotopic (exact) mass is 202 g/mol. The highest BCUT2D eigenvalue weighted by atomic mass is 35.5. The highest BCUT2D eigenvalue weighted by Crippen LogP contribution is 2.18. The van der Waals surface area contributed by atoms with Crippen LogP contribution in [0.4, 0.5) is 0 Å². The molecule has 3 nitrogen and oxygen atoms in total. The lowest BCUT2D eigenvalue weighted by Crippen LogP contribution is -1.91. The van der Waals surface area contributed by atoms with E-state index in [4.69, 9.17) is 16.0 Å². The van der Waals surface area contributed by atoms with Crippen molar-refractivity contribution in [1.29, 1.82) is 0 Å². The van der Waals surface area contributed by atoms with Crippen LogP contribution in [-0.2, 0) is 6.42 Å². The maximum absolute atomic E-state index is 5.78. The van der Waals surface area contributed by atoms with Crippen LogP contribution >= 0.6 is 11.6 Å². The Morgan fingerprint density at radius 2 is 2.00 bits per heavy atom. The van der Waals surface area contributed by atoms with Gasteiger partial charge in [-0.05, 0) is 19.3 Å². The summed E-state index contributed by atoms with van der Waals surface area (Å²) >= 11 is 5.78. The summed E-state index contributed by atoms with van der Waals surface area (Å²) in [6.07, 6.45) is 1.91. The second-order valence-electron chi connectivity index (χ2n) is 3.58. The number of aromatic nitrogens is 2. The maximum Gasteiger partial charge on any atom is 0.234 e. The number of rotatable bonds is 4. The number of aryl methyl sites for hydroxylation is 1. The zero-order valence-electron chi connectivity index (χ0n) is 8.25. The van der Waals surface area contributed by atoms with Crippen molar-refractivity contribution in [2.24, 2.45) is 5.92 Å². The first kappa shape index (κ1) is 10.5. The molecule has 1 aromatic rings. The smallest absolute Gasteiger partial charge is 0.234 e. The third kappa shape index (κ3) is 3.35. The molecule has 0 aliphatic carbocycles. The highest BCUT2D eigenvalue weighted by molar-refractivity contribution is 6.20.